The molecule has 2 aromatic carbocycles. The van der Waals surface area contributed by atoms with Gasteiger partial charge in [0.2, 0.25) is 0 Å². The van der Waals surface area contributed by atoms with E-state index >= 15 is 0 Å². The van der Waals surface area contributed by atoms with E-state index in [0.29, 0.717) is 11.4 Å². The SMILES string of the molecule is ONc1ccc(Cc2ccc(NO)cc2)cc1. The second-order valence-corrected chi connectivity index (χ2v) is 3.79. The fourth-order valence-corrected chi connectivity index (χ4v) is 1.63. The minimum absolute atomic E-state index is 0.675. The first-order chi connectivity index (χ1) is 8.31. The number of rotatable bonds is 4. The molecular formula is C13H14N2O2. The Hall–Kier alpha value is -2.04. The Morgan fingerprint density at radius 2 is 1.00 bits per heavy atom. The van der Waals surface area contributed by atoms with Crippen LogP contribution in [0.1, 0.15) is 11.1 Å². The predicted octanol–water partition coefficient (Wildman–Crippen LogP) is 2.88. The molecule has 0 atom stereocenters. The normalized spacial score (nSPS) is 10.0. The maximum atomic E-state index is 8.70. The Morgan fingerprint density at radius 1 is 0.647 bits per heavy atom. The Labute approximate surface area is 99.4 Å². The number of anilines is 2. The predicted molar refractivity (Wildman–Crippen MR) is 66.5 cm³/mol. The summed E-state index contributed by atoms with van der Waals surface area (Å²) >= 11 is 0. The second kappa shape index (κ2) is 5.34. The van der Waals surface area contributed by atoms with Crippen LogP contribution in [0.25, 0.3) is 0 Å². The summed E-state index contributed by atoms with van der Waals surface area (Å²) in [6.07, 6.45) is 0.817. The number of hydrogen-bond donors (Lipinski definition) is 4. The van der Waals surface area contributed by atoms with Crippen molar-refractivity contribution in [2.45, 2.75) is 6.42 Å². The molecule has 4 heteroatoms. The Bertz CT molecular complexity index is 420. The second-order valence-electron chi connectivity index (χ2n) is 3.79. The van der Waals surface area contributed by atoms with Crippen LogP contribution in [0.3, 0.4) is 0 Å². The standard InChI is InChI=1S/C13H14N2O2/c16-14-12-5-1-10(2-6-12)9-11-3-7-13(15-17)8-4-11/h1-8,14-17H,9H2. The molecule has 0 spiro atoms. The lowest BCUT2D eigenvalue weighted by atomic mass is 10.0. The van der Waals surface area contributed by atoms with Crippen LogP contribution < -0.4 is 11.0 Å². The highest BCUT2D eigenvalue weighted by Crippen LogP contribution is 2.15. The summed E-state index contributed by atoms with van der Waals surface area (Å²) in [5.74, 6) is 0. The van der Waals surface area contributed by atoms with Gasteiger partial charge in [0.25, 0.3) is 0 Å². The summed E-state index contributed by atoms with van der Waals surface area (Å²) in [6, 6.07) is 15.1. The molecule has 0 saturated heterocycles. The van der Waals surface area contributed by atoms with Crippen LogP contribution in [0.5, 0.6) is 0 Å². The number of benzene rings is 2. The molecule has 2 rings (SSSR count). The van der Waals surface area contributed by atoms with E-state index in [1.165, 1.54) is 0 Å². The van der Waals surface area contributed by atoms with Crippen molar-refractivity contribution in [1.29, 1.82) is 0 Å². The fraction of sp³-hybridized carbons (Fsp3) is 0.0769. The van der Waals surface area contributed by atoms with Gasteiger partial charge in [-0.05, 0) is 41.8 Å². The molecule has 17 heavy (non-hydrogen) atoms. The van der Waals surface area contributed by atoms with Gasteiger partial charge in [0.15, 0.2) is 0 Å². The van der Waals surface area contributed by atoms with Gasteiger partial charge in [-0.3, -0.25) is 21.4 Å². The van der Waals surface area contributed by atoms with E-state index in [1.54, 1.807) is 0 Å². The highest BCUT2D eigenvalue weighted by molar-refractivity contribution is 5.45. The zero-order chi connectivity index (χ0) is 12.1. The van der Waals surface area contributed by atoms with Gasteiger partial charge in [-0.2, -0.15) is 0 Å². The molecular weight excluding hydrogens is 216 g/mol. The lowest BCUT2D eigenvalue weighted by Crippen LogP contribution is -1.92. The van der Waals surface area contributed by atoms with Crippen molar-refractivity contribution in [3.8, 4) is 0 Å². The van der Waals surface area contributed by atoms with Gasteiger partial charge in [0.05, 0.1) is 11.4 Å². The van der Waals surface area contributed by atoms with Crippen LogP contribution in [0, 0.1) is 0 Å². The first-order valence-corrected chi connectivity index (χ1v) is 5.30. The summed E-state index contributed by atoms with van der Waals surface area (Å²) in [5, 5.41) is 17.4. The van der Waals surface area contributed by atoms with Gasteiger partial charge >= 0.3 is 0 Å². The number of hydrogen-bond acceptors (Lipinski definition) is 4. The fourth-order valence-electron chi connectivity index (χ4n) is 1.63. The van der Waals surface area contributed by atoms with Gasteiger partial charge in [-0.25, -0.2) is 0 Å². The van der Waals surface area contributed by atoms with Gasteiger partial charge in [0.1, 0.15) is 0 Å². The number of nitrogens with one attached hydrogen (secondary N) is 2. The van der Waals surface area contributed by atoms with Crippen LogP contribution in [0.2, 0.25) is 0 Å². The average Bonchev–Trinajstić information content (AvgIpc) is 2.40. The van der Waals surface area contributed by atoms with Crippen molar-refractivity contribution < 1.29 is 10.4 Å². The molecule has 0 aliphatic carbocycles. The molecule has 0 bridgehead atoms. The Kier molecular flexibility index (Phi) is 3.59. The van der Waals surface area contributed by atoms with Crippen molar-refractivity contribution >= 4 is 11.4 Å². The van der Waals surface area contributed by atoms with Crippen molar-refractivity contribution in [2.75, 3.05) is 11.0 Å². The Morgan fingerprint density at radius 3 is 1.29 bits per heavy atom. The van der Waals surface area contributed by atoms with Crippen LogP contribution in [-0.2, 0) is 6.42 Å². The van der Waals surface area contributed by atoms with Crippen LogP contribution >= 0.6 is 0 Å². The van der Waals surface area contributed by atoms with Crippen molar-refractivity contribution in [1.82, 2.24) is 0 Å². The van der Waals surface area contributed by atoms with E-state index < -0.39 is 0 Å². The van der Waals surface area contributed by atoms with Crippen LogP contribution in [0.4, 0.5) is 11.4 Å². The monoisotopic (exact) mass is 230 g/mol. The van der Waals surface area contributed by atoms with Crippen LogP contribution in [0.15, 0.2) is 48.5 Å². The molecule has 4 N–H and O–H groups in total. The van der Waals surface area contributed by atoms with E-state index in [0.717, 1.165) is 17.5 Å². The lowest BCUT2D eigenvalue weighted by Gasteiger charge is -2.05. The maximum Gasteiger partial charge on any atom is 0.0602 e. The molecule has 0 heterocycles. The smallest absolute Gasteiger partial charge is 0.0602 e. The largest absolute Gasteiger partial charge is 0.291 e. The third kappa shape index (κ3) is 2.96. The average molecular weight is 230 g/mol. The van der Waals surface area contributed by atoms with Gasteiger partial charge < -0.3 is 0 Å². The molecule has 0 aromatic heterocycles. The lowest BCUT2D eigenvalue weighted by molar-refractivity contribution is 0.388. The van der Waals surface area contributed by atoms with Gasteiger partial charge in [-0.15, -0.1) is 0 Å². The van der Waals surface area contributed by atoms with Crippen molar-refractivity contribution in [2.24, 2.45) is 0 Å². The molecule has 0 aliphatic rings. The third-order valence-corrected chi connectivity index (χ3v) is 2.57. The molecule has 0 saturated carbocycles. The highest BCUT2D eigenvalue weighted by atomic mass is 16.5. The molecule has 0 unspecified atom stereocenters. The Balaban J connectivity index is 2.08. The summed E-state index contributed by atoms with van der Waals surface area (Å²) in [7, 11) is 0. The first kappa shape index (κ1) is 11.4. The van der Waals surface area contributed by atoms with E-state index in [9.17, 15) is 0 Å². The zero-order valence-electron chi connectivity index (χ0n) is 9.22. The van der Waals surface area contributed by atoms with Crippen LogP contribution in [-0.4, -0.2) is 10.4 Å². The summed E-state index contributed by atoms with van der Waals surface area (Å²) in [4.78, 5) is 0. The molecule has 88 valence electrons. The van der Waals surface area contributed by atoms with Gasteiger partial charge in [-0.1, -0.05) is 24.3 Å². The van der Waals surface area contributed by atoms with Crippen molar-refractivity contribution in [3.63, 3.8) is 0 Å². The maximum absolute atomic E-state index is 8.70. The molecule has 0 radical (unpaired) electrons. The molecule has 0 fully saturated rings. The molecule has 0 amide bonds. The topological polar surface area (TPSA) is 64.5 Å². The minimum atomic E-state index is 0.675. The molecule has 0 aliphatic heterocycles. The summed E-state index contributed by atoms with van der Waals surface area (Å²) in [5.41, 5.74) is 7.87. The van der Waals surface area contributed by atoms with E-state index in [1.807, 2.05) is 48.5 Å². The third-order valence-electron chi connectivity index (χ3n) is 2.57. The highest BCUT2D eigenvalue weighted by Gasteiger charge is 1.97. The first-order valence-electron chi connectivity index (χ1n) is 5.30. The molecule has 4 nitrogen and oxygen atoms in total. The minimum Gasteiger partial charge on any atom is -0.291 e. The zero-order valence-corrected chi connectivity index (χ0v) is 9.22. The van der Waals surface area contributed by atoms with E-state index in [-0.39, 0.29) is 0 Å². The summed E-state index contributed by atoms with van der Waals surface area (Å²) in [6.45, 7) is 0. The van der Waals surface area contributed by atoms with Gasteiger partial charge in [0, 0.05) is 0 Å². The van der Waals surface area contributed by atoms with Crippen molar-refractivity contribution in [3.05, 3.63) is 59.7 Å². The van der Waals surface area contributed by atoms with E-state index in [4.69, 9.17) is 10.4 Å². The quantitative estimate of drug-likeness (QED) is 0.610. The molecule has 2 aromatic rings. The van der Waals surface area contributed by atoms with E-state index in [2.05, 4.69) is 11.0 Å². The summed E-state index contributed by atoms with van der Waals surface area (Å²) < 4.78 is 0.